The molecule has 0 heterocycles. The van der Waals surface area contributed by atoms with Gasteiger partial charge in [-0.2, -0.15) is 0 Å². The molecule has 2 aromatic carbocycles. The molecule has 9 heteroatoms. The predicted molar refractivity (Wildman–Crippen MR) is 111 cm³/mol. The van der Waals surface area contributed by atoms with Gasteiger partial charge < -0.3 is 10.1 Å². The van der Waals surface area contributed by atoms with Crippen LogP contribution in [-0.4, -0.2) is 38.3 Å². The lowest BCUT2D eigenvalue weighted by atomic mass is 10.1. The lowest BCUT2D eigenvalue weighted by Gasteiger charge is -2.18. The Hall–Kier alpha value is -1.90. The van der Waals surface area contributed by atoms with E-state index in [9.17, 15) is 18.0 Å². The molecule has 0 spiro atoms. The maximum absolute atomic E-state index is 12.5. The lowest BCUT2D eigenvalue weighted by Crippen LogP contribution is -2.43. The Bertz CT molecular complexity index is 947. The van der Waals surface area contributed by atoms with Crippen molar-refractivity contribution in [3.05, 3.63) is 69.2 Å². The number of carbonyl (C=O) groups excluding carboxylic acids is 2. The van der Waals surface area contributed by atoms with E-state index in [1.54, 1.807) is 48.5 Å². The van der Waals surface area contributed by atoms with Crippen LogP contribution in [0.4, 0.5) is 0 Å². The Morgan fingerprint density at radius 1 is 1.14 bits per heavy atom. The summed E-state index contributed by atoms with van der Waals surface area (Å²) >= 11 is 9.10. The van der Waals surface area contributed by atoms with Crippen LogP contribution in [0.15, 0.2) is 53.0 Å². The first-order chi connectivity index (χ1) is 13.2. The van der Waals surface area contributed by atoms with Crippen LogP contribution in [0.25, 0.3) is 0 Å². The van der Waals surface area contributed by atoms with Crippen molar-refractivity contribution >= 4 is 49.2 Å². The van der Waals surface area contributed by atoms with E-state index < -0.39 is 27.8 Å². The highest BCUT2D eigenvalue weighted by Gasteiger charge is 2.25. The van der Waals surface area contributed by atoms with E-state index in [0.717, 1.165) is 11.8 Å². The van der Waals surface area contributed by atoms with Gasteiger partial charge in [0, 0.05) is 15.8 Å². The molecule has 0 aliphatic rings. The molecule has 6 nitrogen and oxygen atoms in total. The summed E-state index contributed by atoms with van der Waals surface area (Å²) in [6.07, 6.45) is 0.979. The average Bonchev–Trinajstić information content (AvgIpc) is 2.64. The minimum Gasteiger partial charge on any atom is -0.459 e. The topological polar surface area (TPSA) is 89.5 Å². The predicted octanol–water partition coefficient (Wildman–Crippen LogP) is 3.38. The Balaban J connectivity index is 2.08. The van der Waals surface area contributed by atoms with Crippen LogP contribution in [0.1, 0.15) is 22.3 Å². The van der Waals surface area contributed by atoms with Crippen LogP contribution in [0.5, 0.6) is 0 Å². The highest BCUT2D eigenvalue weighted by atomic mass is 79.9. The van der Waals surface area contributed by atoms with Crippen LogP contribution in [0.3, 0.4) is 0 Å². The van der Waals surface area contributed by atoms with Gasteiger partial charge in [-0.3, -0.25) is 4.79 Å². The number of carbonyl (C=O) groups is 2. The van der Waals surface area contributed by atoms with E-state index in [1.807, 2.05) is 0 Å². The second kappa shape index (κ2) is 10.0. The molecule has 1 amide bonds. The first-order valence-electron chi connectivity index (χ1n) is 8.30. The van der Waals surface area contributed by atoms with Gasteiger partial charge in [-0.15, -0.1) is 0 Å². The largest absolute Gasteiger partial charge is 0.459 e. The molecule has 0 bridgehead atoms. The van der Waals surface area contributed by atoms with E-state index >= 15 is 0 Å². The number of ether oxygens (including phenoxy) is 1. The summed E-state index contributed by atoms with van der Waals surface area (Å²) < 4.78 is 28.8. The summed E-state index contributed by atoms with van der Waals surface area (Å²) in [5.41, 5.74) is 1.05. The van der Waals surface area contributed by atoms with Gasteiger partial charge in [0.25, 0.3) is 5.91 Å². The van der Waals surface area contributed by atoms with Gasteiger partial charge in [-0.05, 0) is 52.2 Å². The highest BCUT2D eigenvalue weighted by molar-refractivity contribution is 9.10. The minimum absolute atomic E-state index is 0.0176. The number of sulfone groups is 1. The van der Waals surface area contributed by atoms with Crippen molar-refractivity contribution in [2.75, 3.05) is 12.0 Å². The third-order valence-electron chi connectivity index (χ3n) is 3.78. The van der Waals surface area contributed by atoms with Crippen LogP contribution in [0, 0.1) is 0 Å². The maximum atomic E-state index is 12.5. The van der Waals surface area contributed by atoms with Crippen LogP contribution in [0.2, 0.25) is 5.02 Å². The quantitative estimate of drug-likeness (QED) is 0.575. The van der Waals surface area contributed by atoms with Crippen molar-refractivity contribution in [1.29, 1.82) is 0 Å². The summed E-state index contributed by atoms with van der Waals surface area (Å²) in [5.74, 6) is -1.47. The Kier molecular flexibility index (Phi) is 8.03. The fourth-order valence-electron chi connectivity index (χ4n) is 2.30. The molecule has 0 aliphatic carbocycles. The molecule has 0 fully saturated rings. The Morgan fingerprint density at radius 3 is 2.39 bits per heavy atom. The van der Waals surface area contributed by atoms with E-state index in [2.05, 4.69) is 21.2 Å². The lowest BCUT2D eigenvalue weighted by molar-refractivity contribution is -0.147. The molecule has 150 valence electrons. The van der Waals surface area contributed by atoms with Crippen molar-refractivity contribution in [2.45, 2.75) is 19.1 Å². The van der Waals surface area contributed by atoms with Gasteiger partial charge in [0.05, 0.1) is 11.3 Å². The smallest absolute Gasteiger partial charge is 0.329 e. The Morgan fingerprint density at radius 2 is 1.79 bits per heavy atom. The molecule has 28 heavy (non-hydrogen) atoms. The number of hydrogen-bond acceptors (Lipinski definition) is 5. The molecule has 0 aliphatic heterocycles. The fourth-order valence-corrected chi connectivity index (χ4v) is 3.55. The third kappa shape index (κ3) is 7.26. The molecule has 1 unspecified atom stereocenters. The second-order valence-corrected chi connectivity index (χ2v) is 9.71. The van der Waals surface area contributed by atoms with E-state index in [-0.39, 0.29) is 18.8 Å². The standard InChI is InChI=1S/C19H19BrClNO5S/c1-28(25,26)11-10-17(22-18(23)15-4-2-3-5-16(15)20)19(24)27-12-13-6-8-14(21)9-7-13/h2-9,17H,10-12H2,1H3,(H,22,23). The van der Waals surface area contributed by atoms with Crippen LogP contribution >= 0.6 is 27.5 Å². The van der Waals surface area contributed by atoms with Crippen molar-refractivity contribution in [1.82, 2.24) is 5.32 Å². The second-order valence-electron chi connectivity index (χ2n) is 6.16. The highest BCUT2D eigenvalue weighted by Crippen LogP contribution is 2.16. The molecule has 1 atom stereocenters. The number of halogens is 2. The summed E-state index contributed by atoms with van der Waals surface area (Å²) in [5, 5.41) is 3.12. The first-order valence-corrected chi connectivity index (χ1v) is 11.5. The normalized spacial score (nSPS) is 12.2. The number of rotatable bonds is 8. The number of amides is 1. The SMILES string of the molecule is CS(=O)(=O)CCC(NC(=O)c1ccccc1Br)C(=O)OCc1ccc(Cl)cc1. The molecule has 2 aromatic rings. The zero-order valence-corrected chi connectivity index (χ0v) is 18.2. The molecule has 2 rings (SSSR count). The van der Waals surface area contributed by atoms with Crippen molar-refractivity contribution in [3.63, 3.8) is 0 Å². The first kappa shape index (κ1) is 22.4. The van der Waals surface area contributed by atoms with Crippen LogP contribution in [-0.2, 0) is 26.0 Å². The molecule has 0 saturated carbocycles. The number of nitrogens with one attached hydrogen (secondary N) is 1. The zero-order valence-electron chi connectivity index (χ0n) is 15.0. The number of benzene rings is 2. The van der Waals surface area contributed by atoms with Gasteiger partial charge >= 0.3 is 5.97 Å². The molecular formula is C19H19BrClNO5S. The van der Waals surface area contributed by atoms with Crippen molar-refractivity contribution < 1.29 is 22.7 Å². The minimum atomic E-state index is -3.32. The van der Waals surface area contributed by atoms with E-state index in [0.29, 0.717) is 15.1 Å². The monoisotopic (exact) mass is 487 g/mol. The molecule has 0 aromatic heterocycles. The number of hydrogen-bond donors (Lipinski definition) is 1. The van der Waals surface area contributed by atoms with Gasteiger partial charge in [-0.1, -0.05) is 35.9 Å². The van der Waals surface area contributed by atoms with Crippen molar-refractivity contribution in [3.8, 4) is 0 Å². The summed E-state index contributed by atoms with van der Waals surface area (Å²) in [7, 11) is -3.32. The van der Waals surface area contributed by atoms with Gasteiger partial charge in [0.15, 0.2) is 0 Å². The summed E-state index contributed by atoms with van der Waals surface area (Å²) in [6, 6.07) is 12.4. The number of esters is 1. The summed E-state index contributed by atoms with van der Waals surface area (Å²) in [6.45, 7) is -0.0176. The molecule has 0 saturated heterocycles. The Labute approximate surface area is 177 Å². The average molecular weight is 489 g/mol. The third-order valence-corrected chi connectivity index (χ3v) is 5.70. The zero-order chi connectivity index (χ0) is 20.7. The fraction of sp³-hybridized carbons (Fsp3) is 0.263. The maximum Gasteiger partial charge on any atom is 0.329 e. The molecule has 0 radical (unpaired) electrons. The van der Waals surface area contributed by atoms with E-state index in [4.69, 9.17) is 16.3 Å². The molecular weight excluding hydrogens is 470 g/mol. The van der Waals surface area contributed by atoms with Gasteiger partial charge in [0.2, 0.25) is 0 Å². The summed E-state index contributed by atoms with van der Waals surface area (Å²) in [4.78, 5) is 25.0. The molecule has 1 N–H and O–H groups in total. The van der Waals surface area contributed by atoms with Crippen LogP contribution < -0.4 is 5.32 Å². The van der Waals surface area contributed by atoms with Gasteiger partial charge in [-0.25, -0.2) is 13.2 Å². The van der Waals surface area contributed by atoms with Gasteiger partial charge in [0.1, 0.15) is 22.5 Å². The van der Waals surface area contributed by atoms with E-state index in [1.165, 1.54) is 0 Å². The van der Waals surface area contributed by atoms with Crippen molar-refractivity contribution in [2.24, 2.45) is 0 Å².